The van der Waals surface area contributed by atoms with Crippen LogP contribution in [0.4, 0.5) is 18.9 Å². The molecule has 1 aromatic heterocycles. The summed E-state index contributed by atoms with van der Waals surface area (Å²) in [4.78, 5) is 18.2. The summed E-state index contributed by atoms with van der Waals surface area (Å²) in [6, 6.07) is 6.87. The molecule has 1 atom stereocenters. The molecular formula is C25H26F3N5O. The molecule has 1 aliphatic rings. The molecule has 1 aliphatic heterocycles. The van der Waals surface area contributed by atoms with E-state index in [1.165, 1.54) is 35.3 Å². The van der Waals surface area contributed by atoms with Gasteiger partial charge in [0.2, 0.25) is 0 Å². The number of carbonyl (C=O) groups is 1. The summed E-state index contributed by atoms with van der Waals surface area (Å²) < 4.78 is 42.5. The van der Waals surface area contributed by atoms with E-state index in [0.29, 0.717) is 16.8 Å². The van der Waals surface area contributed by atoms with Crippen molar-refractivity contribution in [2.24, 2.45) is 0 Å². The molecule has 34 heavy (non-hydrogen) atoms. The number of nitrogens with two attached hydrogens (primary N) is 1. The molecule has 3 rings (SSSR count). The van der Waals surface area contributed by atoms with Gasteiger partial charge in [0.25, 0.3) is 11.8 Å². The number of benzene rings is 1. The third kappa shape index (κ3) is 6.20. The van der Waals surface area contributed by atoms with Crippen molar-refractivity contribution in [1.29, 1.82) is 5.41 Å². The summed E-state index contributed by atoms with van der Waals surface area (Å²) in [6.45, 7) is 6.20. The molecule has 1 saturated heterocycles. The second kappa shape index (κ2) is 10.5. The molecule has 0 radical (unpaired) electrons. The Balaban J connectivity index is 1.76. The van der Waals surface area contributed by atoms with E-state index in [0.717, 1.165) is 0 Å². The lowest BCUT2D eigenvalue weighted by Gasteiger charge is -2.38. The summed E-state index contributed by atoms with van der Waals surface area (Å²) in [5.41, 5.74) is 7.68. The first-order valence-corrected chi connectivity index (χ1v) is 10.6. The maximum Gasteiger partial charge on any atom is 0.262 e. The van der Waals surface area contributed by atoms with Crippen LogP contribution in [0.25, 0.3) is 0 Å². The molecule has 0 aliphatic carbocycles. The first-order chi connectivity index (χ1) is 16.1. The lowest BCUT2D eigenvalue weighted by atomic mass is 9.98. The first kappa shape index (κ1) is 24.9. The van der Waals surface area contributed by atoms with E-state index in [1.807, 2.05) is 0 Å². The van der Waals surface area contributed by atoms with Crippen LogP contribution in [0.15, 0.2) is 79.4 Å². The van der Waals surface area contributed by atoms with Crippen molar-refractivity contribution in [3.8, 4) is 0 Å². The fraction of sp³-hybridized carbons (Fsp3) is 0.240. The van der Waals surface area contributed by atoms with Crippen molar-refractivity contribution in [2.45, 2.75) is 18.4 Å². The van der Waals surface area contributed by atoms with Crippen molar-refractivity contribution < 1.29 is 18.0 Å². The number of alkyl halides is 2. The van der Waals surface area contributed by atoms with Crippen molar-refractivity contribution in [2.75, 3.05) is 25.4 Å². The molecule has 1 amide bonds. The molecule has 4 N–H and O–H groups in total. The van der Waals surface area contributed by atoms with Gasteiger partial charge in [-0.2, -0.15) is 0 Å². The van der Waals surface area contributed by atoms with Gasteiger partial charge in [-0.05, 0) is 30.3 Å². The van der Waals surface area contributed by atoms with Gasteiger partial charge in [-0.25, -0.2) is 13.2 Å². The minimum atomic E-state index is -3.07. The molecule has 178 valence electrons. The average molecular weight is 470 g/mol. The van der Waals surface area contributed by atoms with Crippen molar-refractivity contribution in [3.63, 3.8) is 0 Å². The smallest absolute Gasteiger partial charge is 0.262 e. The largest absolute Gasteiger partial charge is 0.398 e. The highest BCUT2D eigenvalue weighted by Crippen LogP contribution is 2.28. The molecule has 0 bridgehead atoms. The number of piperidine rings is 1. The Labute approximate surface area is 196 Å². The SMILES string of the molecule is C=C/C=C(/CN1CC(NC(=O)c2ccc(N)c(C(=N)c3ccncc3)c2)CC(F)(F)C1)C(=C)F. The number of halogens is 3. The zero-order valence-electron chi connectivity index (χ0n) is 18.5. The summed E-state index contributed by atoms with van der Waals surface area (Å²) in [5.74, 6) is -4.35. The number of hydrogen-bond acceptors (Lipinski definition) is 5. The van der Waals surface area contributed by atoms with Crippen molar-refractivity contribution in [3.05, 3.63) is 96.1 Å². The van der Waals surface area contributed by atoms with Gasteiger partial charge in [0.1, 0.15) is 5.83 Å². The minimum absolute atomic E-state index is 0.0849. The molecule has 9 heteroatoms. The van der Waals surface area contributed by atoms with Gasteiger partial charge in [-0.3, -0.25) is 20.1 Å². The van der Waals surface area contributed by atoms with Crippen LogP contribution in [-0.2, 0) is 0 Å². The minimum Gasteiger partial charge on any atom is -0.398 e. The summed E-state index contributed by atoms with van der Waals surface area (Å²) in [5, 5.41) is 11.1. The van der Waals surface area contributed by atoms with Crippen LogP contribution in [-0.4, -0.2) is 53.1 Å². The van der Waals surface area contributed by atoms with Gasteiger partial charge in [-0.15, -0.1) is 0 Å². The standard InChI is InChI=1S/C25H26F3N5O/c1-3-4-19(16(2)26)13-33-14-20(12-25(27,28)15-33)32-24(34)18-5-6-22(29)21(11-18)23(30)17-7-9-31-10-8-17/h3-11,20,30H,1-2,12-15,29H2,(H,32,34)/b19-4-,30-23?. The summed E-state index contributed by atoms with van der Waals surface area (Å²) in [6.07, 6.45) is 5.29. The predicted molar refractivity (Wildman–Crippen MR) is 127 cm³/mol. The molecule has 1 unspecified atom stereocenters. The quantitative estimate of drug-likeness (QED) is 0.308. The summed E-state index contributed by atoms with van der Waals surface area (Å²) in [7, 11) is 0. The van der Waals surface area contributed by atoms with Crippen molar-refractivity contribution in [1.82, 2.24) is 15.2 Å². The van der Waals surface area contributed by atoms with E-state index < -0.39 is 36.7 Å². The molecule has 1 fully saturated rings. The molecule has 2 aromatic rings. The van der Waals surface area contributed by atoms with Gasteiger partial charge in [0, 0.05) is 65.9 Å². The number of nitrogens with one attached hydrogen (secondary N) is 2. The normalized spacial score (nSPS) is 18.2. The fourth-order valence-electron chi connectivity index (χ4n) is 3.88. The lowest BCUT2D eigenvalue weighted by molar-refractivity contribution is -0.0714. The maximum atomic E-state index is 14.4. The third-order valence-corrected chi connectivity index (χ3v) is 5.43. The second-order valence-corrected chi connectivity index (χ2v) is 8.15. The number of amides is 1. The second-order valence-electron chi connectivity index (χ2n) is 8.15. The van der Waals surface area contributed by atoms with Crippen LogP contribution >= 0.6 is 0 Å². The maximum absolute atomic E-state index is 14.4. The van der Waals surface area contributed by atoms with Gasteiger partial charge in [0.15, 0.2) is 0 Å². The molecular weight excluding hydrogens is 443 g/mol. The fourth-order valence-corrected chi connectivity index (χ4v) is 3.88. The number of allylic oxidation sites excluding steroid dienone is 2. The molecule has 0 saturated carbocycles. The number of aromatic nitrogens is 1. The predicted octanol–water partition coefficient (Wildman–Crippen LogP) is 4.11. The van der Waals surface area contributed by atoms with E-state index in [2.05, 4.69) is 23.5 Å². The number of nitrogen functional groups attached to an aromatic ring is 1. The Hall–Kier alpha value is -3.72. The Kier molecular flexibility index (Phi) is 7.68. The highest BCUT2D eigenvalue weighted by atomic mass is 19.3. The van der Waals surface area contributed by atoms with Crippen LogP contribution < -0.4 is 11.1 Å². The Morgan fingerprint density at radius 2 is 2.00 bits per heavy atom. The summed E-state index contributed by atoms with van der Waals surface area (Å²) >= 11 is 0. The molecule has 0 spiro atoms. The van der Waals surface area contributed by atoms with Crippen LogP contribution in [0.2, 0.25) is 0 Å². The zero-order chi connectivity index (χ0) is 24.9. The van der Waals surface area contributed by atoms with E-state index in [1.54, 1.807) is 24.5 Å². The third-order valence-electron chi connectivity index (χ3n) is 5.43. The highest BCUT2D eigenvalue weighted by molar-refractivity contribution is 6.14. The van der Waals surface area contributed by atoms with Crippen LogP contribution in [0.5, 0.6) is 0 Å². The van der Waals surface area contributed by atoms with Crippen molar-refractivity contribution >= 4 is 17.3 Å². The number of likely N-dealkylation sites (tertiary alicyclic amines) is 1. The van der Waals surface area contributed by atoms with E-state index in [-0.39, 0.29) is 29.9 Å². The Bertz CT molecular complexity index is 1130. The van der Waals surface area contributed by atoms with E-state index >= 15 is 0 Å². The molecule has 2 heterocycles. The van der Waals surface area contributed by atoms with Gasteiger partial charge in [0.05, 0.1) is 12.3 Å². The first-order valence-electron chi connectivity index (χ1n) is 10.6. The van der Waals surface area contributed by atoms with E-state index in [4.69, 9.17) is 11.1 Å². The van der Waals surface area contributed by atoms with E-state index in [9.17, 15) is 18.0 Å². The zero-order valence-corrected chi connectivity index (χ0v) is 18.5. The Morgan fingerprint density at radius 1 is 1.29 bits per heavy atom. The number of hydrogen-bond donors (Lipinski definition) is 3. The monoisotopic (exact) mass is 469 g/mol. The van der Waals surface area contributed by atoms with Crippen LogP contribution in [0.3, 0.4) is 0 Å². The molecule has 1 aromatic carbocycles. The number of rotatable bonds is 8. The average Bonchev–Trinajstić information content (AvgIpc) is 2.78. The number of nitrogens with zero attached hydrogens (tertiary/aromatic N) is 2. The highest BCUT2D eigenvalue weighted by Gasteiger charge is 2.41. The number of anilines is 1. The molecule has 6 nitrogen and oxygen atoms in total. The topological polar surface area (TPSA) is 95.1 Å². The van der Waals surface area contributed by atoms with Gasteiger partial charge < -0.3 is 11.1 Å². The number of pyridine rings is 1. The van der Waals surface area contributed by atoms with Gasteiger partial charge >= 0.3 is 0 Å². The van der Waals surface area contributed by atoms with Crippen LogP contribution in [0, 0.1) is 5.41 Å². The van der Waals surface area contributed by atoms with Gasteiger partial charge in [-0.1, -0.05) is 25.3 Å². The number of carbonyl (C=O) groups excluding carboxylic acids is 1. The Morgan fingerprint density at radius 3 is 2.65 bits per heavy atom. The lowest BCUT2D eigenvalue weighted by Crippen LogP contribution is -2.55. The van der Waals surface area contributed by atoms with Crippen LogP contribution in [0.1, 0.15) is 27.9 Å².